The van der Waals surface area contributed by atoms with E-state index in [0.29, 0.717) is 5.92 Å². The molecule has 2 saturated carbocycles. The van der Waals surface area contributed by atoms with E-state index in [9.17, 15) is 0 Å². The van der Waals surface area contributed by atoms with Gasteiger partial charge in [-0.2, -0.15) is 5.26 Å². The van der Waals surface area contributed by atoms with E-state index in [1.165, 1.54) is 38.5 Å². The molecular weight excluding hydrogens is 134 g/mol. The molecule has 0 aliphatic heterocycles. The van der Waals surface area contributed by atoms with Gasteiger partial charge in [0.15, 0.2) is 0 Å². The highest BCUT2D eigenvalue weighted by atomic mass is 14.4. The fourth-order valence-electron chi connectivity index (χ4n) is 2.84. The van der Waals surface area contributed by atoms with Crippen molar-refractivity contribution in [3.05, 3.63) is 0 Å². The molecule has 0 aromatic heterocycles. The third-order valence-corrected chi connectivity index (χ3v) is 3.31. The zero-order valence-corrected chi connectivity index (χ0v) is 6.92. The lowest BCUT2D eigenvalue weighted by atomic mass is 9.68. The minimum absolute atomic E-state index is 0.402. The van der Waals surface area contributed by atoms with Crippen LogP contribution in [0.15, 0.2) is 0 Å². The summed E-state index contributed by atoms with van der Waals surface area (Å²) in [5, 5.41) is 8.80. The van der Waals surface area contributed by atoms with Gasteiger partial charge in [0.25, 0.3) is 0 Å². The van der Waals surface area contributed by atoms with Crippen LogP contribution in [-0.2, 0) is 0 Å². The van der Waals surface area contributed by atoms with Gasteiger partial charge in [-0.15, -0.1) is 0 Å². The normalized spacial score (nSPS) is 43.0. The molecule has 0 N–H and O–H groups in total. The lowest BCUT2D eigenvalue weighted by Gasteiger charge is -2.36. The van der Waals surface area contributed by atoms with Crippen LogP contribution in [0.5, 0.6) is 0 Å². The average molecular weight is 149 g/mol. The summed E-state index contributed by atoms with van der Waals surface area (Å²) in [5.41, 5.74) is 0. The van der Waals surface area contributed by atoms with Crippen LogP contribution in [0.1, 0.15) is 38.5 Å². The summed E-state index contributed by atoms with van der Waals surface area (Å²) in [5.74, 6) is 2.22. The van der Waals surface area contributed by atoms with Gasteiger partial charge in [0, 0.05) is 5.92 Å². The summed E-state index contributed by atoms with van der Waals surface area (Å²) in [6.07, 6.45) is 8.05. The van der Waals surface area contributed by atoms with E-state index < -0.39 is 0 Å². The Morgan fingerprint density at radius 2 is 1.64 bits per heavy atom. The van der Waals surface area contributed by atoms with Crippen molar-refractivity contribution in [2.24, 2.45) is 17.8 Å². The summed E-state index contributed by atoms with van der Waals surface area (Å²) in [6, 6.07) is 2.43. The van der Waals surface area contributed by atoms with Crippen molar-refractivity contribution in [3.8, 4) is 6.07 Å². The highest BCUT2D eigenvalue weighted by Crippen LogP contribution is 2.41. The molecule has 0 aromatic carbocycles. The van der Waals surface area contributed by atoms with Gasteiger partial charge in [-0.05, 0) is 31.1 Å². The molecule has 2 rings (SSSR count). The minimum Gasteiger partial charge on any atom is -0.198 e. The predicted octanol–water partition coefficient (Wildman–Crippen LogP) is 2.73. The van der Waals surface area contributed by atoms with Crippen LogP contribution in [0.4, 0.5) is 0 Å². The van der Waals surface area contributed by atoms with Gasteiger partial charge < -0.3 is 0 Å². The lowest BCUT2D eigenvalue weighted by Crippen LogP contribution is -2.25. The number of nitriles is 1. The highest BCUT2D eigenvalue weighted by molar-refractivity contribution is 4.92. The fourth-order valence-corrected chi connectivity index (χ4v) is 2.84. The Morgan fingerprint density at radius 1 is 1.00 bits per heavy atom. The Balaban J connectivity index is 2.01. The van der Waals surface area contributed by atoms with Crippen molar-refractivity contribution < 1.29 is 0 Å². The fraction of sp³-hybridized carbons (Fsp3) is 0.900. The zero-order chi connectivity index (χ0) is 7.68. The first-order chi connectivity index (χ1) is 5.38. The maximum atomic E-state index is 8.80. The maximum Gasteiger partial charge on any atom is 0.0655 e. The molecule has 1 nitrogen and oxygen atoms in total. The molecule has 2 aliphatic carbocycles. The Kier molecular flexibility index (Phi) is 1.85. The van der Waals surface area contributed by atoms with E-state index in [1.807, 2.05) is 0 Å². The third kappa shape index (κ3) is 1.40. The first-order valence-corrected chi connectivity index (χ1v) is 4.78. The van der Waals surface area contributed by atoms with Crippen LogP contribution in [0.25, 0.3) is 0 Å². The van der Waals surface area contributed by atoms with Gasteiger partial charge in [-0.25, -0.2) is 0 Å². The van der Waals surface area contributed by atoms with Crippen molar-refractivity contribution >= 4 is 0 Å². The molecule has 2 atom stereocenters. The third-order valence-electron chi connectivity index (χ3n) is 3.31. The van der Waals surface area contributed by atoms with Crippen molar-refractivity contribution in [1.29, 1.82) is 5.26 Å². The summed E-state index contributed by atoms with van der Waals surface area (Å²) in [7, 11) is 0. The topological polar surface area (TPSA) is 23.8 Å². The number of hydrogen-bond acceptors (Lipinski definition) is 1. The molecule has 0 radical (unpaired) electrons. The molecule has 11 heavy (non-hydrogen) atoms. The first-order valence-electron chi connectivity index (χ1n) is 4.78. The largest absolute Gasteiger partial charge is 0.198 e. The Morgan fingerprint density at radius 3 is 2.18 bits per heavy atom. The van der Waals surface area contributed by atoms with Gasteiger partial charge in [0.1, 0.15) is 0 Å². The standard InChI is InChI=1S/C10H15N/c11-7-10-5-8-2-1-3-9(4-8)6-10/h8-10H,1-6H2. The molecule has 0 amide bonds. The van der Waals surface area contributed by atoms with Crippen LogP contribution >= 0.6 is 0 Å². The molecule has 2 aliphatic rings. The second kappa shape index (κ2) is 2.85. The van der Waals surface area contributed by atoms with Crippen LogP contribution in [-0.4, -0.2) is 0 Å². The van der Waals surface area contributed by atoms with Crippen LogP contribution in [0.3, 0.4) is 0 Å². The molecule has 1 heteroatoms. The smallest absolute Gasteiger partial charge is 0.0655 e. The van der Waals surface area contributed by atoms with Crippen molar-refractivity contribution in [2.45, 2.75) is 38.5 Å². The summed E-state index contributed by atoms with van der Waals surface area (Å²) in [6.45, 7) is 0. The highest BCUT2D eigenvalue weighted by Gasteiger charge is 2.31. The molecule has 0 spiro atoms. The van der Waals surface area contributed by atoms with Gasteiger partial charge >= 0.3 is 0 Å². The summed E-state index contributed by atoms with van der Waals surface area (Å²) >= 11 is 0. The van der Waals surface area contributed by atoms with Gasteiger partial charge in [0.05, 0.1) is 6.07 Å². The first kappa shape index (κ1) is 7.16. The van der Waals surface area contributed by atoms with Gasteiger partial charge in [0.2, 0.25) is 0 Å². The van der Waals surface area contributed by atoms with E-state index >= 15 is 0 Å². The Labute approximate surface area is 68.4 Å². The van der Waals surface area contributed by atoms with E-state index in [-0.39, 0.29) is 0 Å². The molecule has 2 fully saturated rings. The predicted molar refractivity (Wildman–Crippen MR) is 43.8 cm³/mol. The van der Waals surface area contributed by atoms with E-state index in [0.717, 1.165) is 11.8 Å². The Hall–Kier alpha value is -0.510. The monoisotopic (exact) mass is 149 g/mol. The average Bonchev–Trinajstić information content (AvgIpc) is 2.03. The second-order valence-corrected chi connectivity index (χ2v) is 4.20. The summed E-state index contributed by atoms with van der Waals surface area (Å²) < 4.78 is 0. The number of rotatable bonds is 0. The van der Waals surface area contributed by atoms with Gasteiger partial charge in [-0.1, -0.05) is 19.3 Å². The zero-order valence-electron chi connectivity index (χ0n) is 6.92. The summed E-state index contributed by atoms with van der Waals surface area (Å²) in [4.78, 5) is 0. The van der Waals surface area contributed by atoms with E-state index in [4.69, 9.17) is 5.26 Å². The van der Waals surface area contributed by atoms with Crippen LogP contribution in [0.2, 0.25) is 0 Å². The molecule has 0 saturated heterocycles. The molecule has 60 valence electrons. The van der Waals surface area contributed by atoms with Crippen molar-refractivity contribution in [3.63, 3.8) is 0 Å². The maximum absolute atomic E-state index is 8.80. The van der Waals surface area contributed by atoms with Crippen LogP contribution in [0, 0.1) is 29.1 Å². The molecule has 2 unspecified atom stereocenters. The Bertz CT molecular complexity index is 168. The lowest BCUT2D eigenvalue weighted by molar-refractivity contribution is 0.161. The van der Waals surface area contributed by atoms with Crippen molar-refractivity contribution in [1.82, 2.24) is 0 Å². The van der Waals surface area contributed by atoms with E-state index in [1.54, 1.807) is 0 Å². The SMILES string of the molecule is N#CC1CC2CCCC(C1)C2. The number of nitrogens with zero attached hydrogens (tertiary/aromatic N) is 1. The van der Waals surface area contributed by atoms with Gasteiger partial charge in [-0.3, -0.25) is 0 Å². The molecular formula is C10H15N. The number of hydrogen-bond donors (Lipinski definition) is 0. The quantitative estimate of drug-likeness (QED) is 0.519. The van der Waals surface area contributed by atoms with Crippen LogP contribution < -0.4 is 0 Å². The van der Waals surface area contributed by atoms with Crippen molar-refractivity contribution in [2.75, 3.05) is 0 Å². The molecule has 0 heterocycles. The molecule has 2 bridgehead atoms. The molecule has 0 aromatic rings. The second-order valence-electron chi connectivity index (χ2n) is 4.20. The number of fused-ring (bicyclic) bond motifs is 2. The minimum atomic E-state index is 0.402. The van der Waals surface area contributed by atoms with E-state index in [2.05, 4.69) is 6.07 Å².